The van der Waals surface area contributed by atoms with Crippen LogP contribution in [-0.4, -0.2) is 16.6 Å². The lowest BCUT2D eigenvalue weighted by atomic mass is 9.91. The fraction of sp³-hybridized carbons (Fsp3) is 0.125. The van der Waals surface area contributed by atoms with Crippen LogP contribution < -0.4 is 0 Å². The summed E-state index contributed by atoms with van der Waals surface area (Å²) in [4.78, 5) is 11.6. The van der Waals surface area contributed by atoms with Gasteiger partial charge in [0.05, 0.1) is 5.92 Å². The second-order valence-electron chi connectivity index (χ2n) is 4.80. The third kappa shape index (κ3) is 2.60. The second-order valence-corrected chi connectivity index (χ2v) is 5.78. The lowest BCUT2D eigenvalue weighted by Crippen LogP contribution is -2.13. The smallest absolute Gasteiger partial charge is 0.215 e. The van der Waals surface area contributed by atoms with E-state index >= 15 is 0 Å². The lowest BCUT2D eigenvalue weighted by molar-refractivity contribution is -0.481. The molecule has 0 spiro atoms. The van der Waals surface area contributed by atoms with E-state index < -0.39 is 5.92 Å². The minimum absolute atomic E-state index is 0.106. The Morgan fingerprint density at radius 1 is 1.14 bits per heavy atom. The molecule has 1 atom stereocenters. The molecule has 1 unspecified atom stereocenters. The highest BCUT2D eigenvalue weighted by atomic mass is 32.1. The first-order valence-corrected chi connectivity index (χ1v) is 7.40. The number of hydrogen-bond donors (Lipinski definition) is 1. The standard InChI is InChI=1S/C16H13NO3S/c18-14-8-7-11-4-1-2-5-12(11)16(14)13(10-17(19)20)15-6-3-9-21-15/h1-9,13,18H,10H2. The van der Waals surface area contributed by atoms with Gasteiger partial charge in [0, 0.05) is 15.4 Å². The maximum Gasteiger partial charge on any atom is 0.215 e. The molecule has 1 N–H and O–H groups in total. The van der Waals surface area contributed by atoms with Crippen molar-refractivity contribution in [2.45, 2.75) is 5.92 Å². The van der Waals surface area contributed by atoms with Gasteiger partial charge in [0.25, 0.3) is 0 Å². The molecule has 5 heteroatoms. The molecular weight excluding hydrogens is 286 g/mol. The van der Waals surface area contributed by atoms with Crippen molar-refractivity contribution in [2.75, 3.05) is 6.54 Å². The molecule has 3 rings (SSSR count). The van der Waals surface area contributed by atoms with Gasteiger partial charge in [-0.05, 0) is 28.3 Å². The molecule has 106 valence electrons. The highest BCUT2D eigenvalue weighted by molar-refractivity contribution is 7.10. The molecule has 0 radical (unpaired) electrons. The van der Waals surface area contributed by atoms with E-state index in [0.717, 1.165) is 15.6 Å². The summed E-state index contributed by atoms with van der Waals surface area (Å²) in [6.07, 6.45) is 0. The van der Waals surface area contributed by atoms with Gasteiger partial charge in [0.2, 0.25) is 6.54 Å². The van der Waals surface area contributed by atoms with Gasteiger partial charge in [-0.1, -0.05) is 36.4 Å². The Labute approximate surface area is 125 Å². The average Bonchev–Trinajstić information content (AvgIpc) is 2.99. The summed E-state index contributed by atoms with van der Waals surface area (Å²) in [6.45, 7) is -0.234. The highest BCUT2D eigenvalue weighted by Crippen LogP contribution is 2.38. The van der Waals surface area contributed by atoms with Gasteiger partial charge >= 0.3 is 0 Å². The van der Waals surface area contributed by atoms with Crippen LogP contribution in [0, 0.1) is 10.1 Å². The number of phenols is 1. The summed E-state index contributed by atoms with van der Waals surface area (Å²) in [6, 6.07) is 14.8. The van der Waals surface area contributed by atoms with Gasteiger partial charge in [-0.25, -0.2) is 0 Å². The van der Waals surface area contributed by atoms with Crippen LogP contribution in [0.5, 0.6) is 5.75 Å². The van der Waals surface area contributed by atoms with E-state index in [1.807, 2.05) is 47.8 Å². The minimum atomic E-state index is -0.439. The van der Waals surface area contributed by atoms with E-state index in [-0.39, 0.29) is 17.2 Å². The number of nitrogens with zero attached hydrogens (tertiary/aromatic N) is 1. The van der Waals surface area contributed by atoms with E-state index in [1.54, 1.807) is 6.07 Å². The van der Waals surface area contributed by atoms with Crippen LogP contribution in [0.2, 0.25) is 0 Å². The monoisotopic (exact) mass is 299 g/mol. The van der Waals surface area contributed by atoms with Gasteiger partial charge < -0.3 is 5.11 Å². The topological polar surface area (TPSA) is 63.4 Å². The molecule has 2 aromatic carbocycles. The predicted octanol–water partition coefficient (Wildman–Crippen LogP) is 4.02. The minimum Gasteiger partial charge on any atom is -0.508 e. The van der Waals surface area contributed by atoms with E-state index in [9.17, 15) is 15.2 Å². The number of benzene rings is 2. The number of aromatic hydroxyl groups is 1. The zero-order valence-electron chi connectivity index (χ0n) is 11.1. The average molecular weight is 299 g/mol. The van der Waals surface area contributed by atoms with Crippen molar-refractivity contribution in [2.24, 2.45) is 0 Å². The number of nitro groups is 1. The van der Waals surface area contributed by atoms with Gasteiger partial charge in [0.1, 0.15) is 5.75 Å². The number of phenolic OH excluding ortho intramolecular Hbond substituents is 1. The molecule has 0 saturated carbocycles. The largest absolute Gasteiger partial charge is 0.508 e. The van der Waals surface area contributed by atoms with Crippen LogP contribution in [0.15, 0.2) is 53.9 Å². The Morgan fingerprint density at radius 2 is 1.95 bits per heavy atom. The van der Waals surface area contributed by atoms with Gasteiger partial charge in [0.15, 0.2) is 0 Å². The Bertz CT molecular complexity index is 783. The Hall–Kier alpha value is -2.40. The molecule has 3 aromatic rings. The van der Waals surface area contributed by atoms with Crippen LogP contribution in [0.3, 0.4) is 0 Å². The molecule has 0 fully saturated rings. The quantitative estimate of drug-likeness (QED) is 0.584. The molecule has 1 heterocycles. The molecule has 0 aliphatic carbocycles. The molecule has 4 nitrogen and oxygen atoms in total. The van der Waals surface area contributed by atoms with E-state index in [4.69, 9.17) is 0 Å². The SMILES string of the molecule is O=[N+]([O-])CC(c1cccs1)c1c(O)ccc2ccccc12. The fourth-order valence-electron chi connectivity index (χ4n) is 2.61. The van der Waals surface area contributed by atoms with Crippen molar-refractivity contribution in [1.82, 2.24) is 0 Å². The lowest BCUT2D eigenvalue weighted by Gasteiger charge is -2.16. The van der Waals surface area contributed by atoms with Crippen molar-refractivity contribution in [3.8, 4) is 5.75 Å². The Morgan fingerprint density at radius 3 is 2.67 bits per heavy atom. The zero-order chi connectivity index (χ0) is 14.8. The normalized spacial score (nSPS) is 12.4. The molecule has 0 aliphatic rings. The summed E-state index contributed by atoms with van der Waals surface area (Å²) < 4.78 is 0. The Kier molecular flexibility index (Phi) is 3.58. The third-order valence-corrected chi connectivity index (χ3v) is 4.50. The fourth-order valence-corrected chi connectivity index (χ4v) is 3.44. The van der Waals surface area contributed by atoms with Gasteiger partial charge in [-0.2, -0.15) is 0 Å². The first-order valence-electron chi connectivity index (χ1n) is 6.52. The Balaban J connectivity index is 2.23. The van der Waals surface area contributed by atoms with Crippen molar-refractivity contribution in [3.63, 3.8) is 0 Å². The highest BCUT2D eigenvalue weighted by Gasteiger charge is 2.25. The van der Waals surface area contributed by atoms with Crippen molar-refractivity contribution in [1.29, 1.82) is 0 Å². The molecule has 0 bridgehead atoms. The first-order chi connectivity index (χ1) is 10.2. The van der Waals surface area contributed by atoms with E-state index in [0.29, 0.717) is 5.56 Å². The summed E-state index contributed by atoms with van der Waals surface area (Å²) in [7, 11) is 0. The molecule has 21 heavy (non-hydrogen) atoms. The van der Waals surface area contributed by atoms with Crippen molar-refractivity contribution < 1.29 is 10.0 Å². The van der Waals surface area contributed by atoms with Crippen LogP contribution in [0.1, 0.15) is 16.4 Å². The van der Waals surface area contributed by atoms with E-state index in [2.05, 4.69) is 0 Å². The molecule has 0 aliphatic heterocycles. The number of rotatable bonds is 4. The number of hydrogen-bond acceptors (Lipinski definition) is 4. The zero-order valence-corrected chi connectivity index (χ0v) is 11.9. The molecule has 0 saturated heterocycles. The molecular formula is C16H13NO3S. The number of fused-ring (bicyclic) bond motifs is 1. The third-order valence-electron chi connectivity index (χ3n) is 3.51. The van der Waals surface area contributed by atoms with Crippen LogP contribution in [0.4, 0.5) is 0 Å². The van der Waals surface area contributed by atoms with Gasteiger partial charge in [-0.3, -0.25) is 10.1 Å². The molecule has 0 amide bonds. The molecule has 1 aromatic heterocycles. The van der Waals surface area contributed by atoms with Crippen LogP contribution in [0.25, 0.3) is 10.8 Å². The first kappa shape index (κ1) is 13.6. The summed E-state index contributed by atoms with van der Waals surface area (Å²) in [5, 5.41) is 25.0. The number of thiophene rings is 1. The maximum atomic E-state index is 11.1. The summed E-state index contributed by atoms with van der Waals surface area (Å²) >= 11 is 1.47. The van der Waals surface area contributed by atoms with Crippen molar-refractivity contribution >= 4 is 22.1 Å². The van der Waals surface area contributed by atoms with E-state index in [1.165, 1.54) is 11.3 Å². The maximum absolute atomic E-state index is 11.1. The van der Waals surface area contributed by atoms with Crippen LogP contribution in [-0.2, 0) is 0 Å². The van der Waals surface area contributed by atoms with Crippen LogP contribution >= 0.6 is 11.3 Å². The predicted molar refractivity (Wildman–Crippen MR) is 83.6 cm³/mol. The van der Waals surface area contributed by atoms with Gasteiger partial charge in [-0.15, -0.1) is 11.3 Å². The second kappa shape index (κ2) is 5.54. The summed E-state index contributed by atoms with van der Waals surface area (Å²) in [5.41, 5.74) is 0.632. The van der Waals surface area contributed by atoms with Crippen molar-refractivity contribution in [3.05, 3.63) is 74.5 Å². The summed E-state index contributed by atoms with van der Waals surface area (Å²) in [5.74, 6) is -0.333.